The van der Waals surface area contributed by atoms with E-state index in [-0.39, 0.29) is 17.6 Å². The molecule has 2 aliphatic heterocycles. The quantitative estimate of drug-likeness (QED) is 0.566. The summed E-state index contributed by atoms with van der Waals surface area (Å²) < 4.78 is 0. The lowest BCUT2D eigenvalue weighted by Gasteiger charge is -2.39. The first-order chi connectivity index (χ1) is 14.0. The van der Waals surface area contributed by atoms with Gasteiger partial charge in [0.15, 0.2) is 0 Å². The predicted molar refractivity (Wildman–Crippen MR) is 114 cm³/mol. The Labute approximate surface area is 174 Å². The zero-order chi connectivity index (χ0) is 20.5. The number of fused-ring (bicyclic) bond motifs is 1. The second kappa shape index (κ2) is 8.00. The molecule has 2 aromatic rings. The Hall–Kier alpha value is -2.64. The Morgan fingerprint density at radius 1 is 1.07 bits per heavy atom. The maximum atomic E-state index is 13.1. The van der Waals surface area contributed by atoms with Gasteiger partial charge in [0.1, 0.15) is 5.69 Å². The molecule has 0 aromatic heterocycles. The molecule has 1 fully saturated rings. The van der Waals surface area contributed by atoms with Gasteiger partial charge >= 0.3 is 0 Å². The fourth-order valence-corrected chi connectivity index (χ4v) is 4.38. The van der Waals surface area contributed by atoms with E-state index in [9.17, 15) is 14.9 Å². The van der Waals surface area contributed by atoms with Crippen LogP contribution in [0.3, 0.4) is 0 Å². The van der Waals surface area contributed by atoms with Crippen molar-refractivity contribution in [1.82, 2.24) is 4.90 Å². The van der Waals surface area contributed by atoms with E-state index in [0.717, 1.165) is 18.7 Å². The van der Waals surface area contributed by atoms with Gasteiger partial charge in [-0.3, -0.25) is 19.8 Å². The number of nitro benzene ring substituents is 1. The summed E-state index contributed by atoms with van der Waals surface area (Å²) in [4.78, 5) is 30.1. The summed E-state index contributed by atoms with van der Waals surface area (Å²) in [5.74, 6) is 0.112. The van der Waals surface area contributed by atoms with Crippen molar-refractivity contribution in [3.05, 3.63) is 63.2 Å². The van der Waals surface area contributed by atoms with Crippen molar-refractivity contribution in [1.29, 1.82) is 0 Å². The van der Waals surface area contributed by atoms with Crippen LogP contribution in [0.2, 0.25) is 5.02 Å². The second-order valence-electron chi connectivity index (χ2n) is 7.46. The Morgan fingerprint density at radius 3 is 2.52 bits per heavy atom. The fourth-order valence-electron chi connectivity index (χ4n) is 4.21. The topological polar surface area (TPSA) is 69.9 Å². The summed E-state index contributed by atoms with van der Waals surface area (Å²) in [6.45, 7) is 5.25. The summed E-state index contributed by atoms with van der Waals surface area (Å²) in [6.07, 6.45) is 0.892. The van der Waals surface area contributed by atoms with Crippen LogP contribution in [0.25, 0.3) is 0 Å². The van der Waals surface area contributed by atoms with Crippen LogP contribution < -0.4 is 9.80 Å². The van der Waals surface area contributed by atoms with Crippen LogP contribution in [-0.2, 0) is 11.2 Å². The molecule has 4 rings (SSSR count). The van der Waals surface area contributed by atoms with E-state index in [4.69, 9.17) is 11.6 Å². The van der Waals surface area contributed by atoms with Gasteiger partial charge in [-0.1, -0.05) is 29.8 Å². The highest BCUT2D eigenvalue weighted by atomic mass is 35.5. The number of halogens is 1. The monoisotopic (exact) mass is 414 g/mol. The third kappa shape index (κ3) is 3.80. The Balaban J connectivity index is 1.43. The van der Waals surface area contributed by atoms with E-state index in [0.29, 0.717) is 36.9 Å². The number of rotatable bonds is 4. The maximum Gasteiger partial charge on any atom is 0.294 e. The highest BCUT2D eigenvalue weighted by Gasteiger charge is 2.33. The average Bonchev–Trinajstić information content (AvgIpc) is 3.17. The molecular weight excluding hydrogens is 392 g/mol. The van der Waals surface area contributed by atoms with Gasteiger partial charge in [0.05, 0.1) is 11.0 Å². The number of nitro groups is 1. The molecule has 152 valence electrons. The molecule has 29 heavy (non-hydrogen) atoms. The fraction of sp³-hybridized carbons (Fsp3) is 0.381. The van der Waals surface area contributed by atoms with Crippen LogP contribution in [0.4, 0.5) is 17.1 Å². The van der Waals surface area contributed by atoms with E-state index in [1.807, 2.05) is 34.9 Å². The summed E-state index contributed by atoms with van der Waals surface area (Å²) in [6, 6.07) is 12.6. The van der Waals surface area contributed by atoms with Crippen LogP contribution in [0, 0.1) is 10.1 Å². The molecule has 1 atom stereocenters. The third-order valence-corrected chi connectivity index (χ3v) is 6.08. The molecule has 0 saturated carbocycles. The minimum Gasteiger partial charge on any atom is -0.363 e. The van der Waals surface area contributed by atoms with Crippen molar-refractivity contribution < 1.29 is 9.72 Å². The minimum absolute atomic E-state index is 0.0174. The Morgan fingerprint density at radius 2 is 1.79 bits per heavy atom. The van der Waals surface area contributed by atoms with E-state index < -0.39 is 4.92 Å². The lowest BCUT2D eigenvalue weighted by Crippen LogP contribution is -2.54. The number of para-hydroxylation sites is 1. The van der Waals surface area contributed by atoms with E-state index >= 15 is 0 Å². The summed E-state index contributed by atoms with van der Waals surface area (Å²) in [7, 11) is 0. The van der Waals surface area contributed by atoms with Gasteiger partial charge in [-0.25, -0.2) is 0 Å². The summed E-state index contributed by atoms with van der Waals surface area (Å²) >= 11 is 5.92. The van der Waals surface area contributed by atoms with Crippen LogP contribution in [0.5, 0.6) is 0 Å². The molecular formula is C21H23ClN4O3. The zero-order valence-corrected chi connectivity index (χ0v) is 17.0. The van der Waals surface area contributed by atoms with Crippen LogP contribution >= 0.6 is 11.6 Å². The first-order valence-corrected chi connectivity index (χ1v) is 10.2. The molecule has 2 aliphatic rings. The van der Waals surface area contributed by atoms with Gasteiger partial charge < -0.3 is 9.80 Å². The minimum atomic E-state index is -0.398. The van der Waals surface area contributed by atoms with Gasteiger partial charge in [0.2, 0.25) is 5.91 Å². The largest absolute Gasteiger partial charge is 0.363 e. The molecule has 1 amide bonds. The second-order valence-corrected chi connectivity index (χ2v) is 7.89. The normalized spacial score (nSPS) is 17.9. The molecule has 1 saturated heterocycles. The van der Waals surface area contributed by atoms with Gasteiger partial charge in [-0.15, -0.1) is 0 Å². The lowest BCUT2D eigenvalue weighted by molar-refractivity contribution is -0.384. The molecule has 2 heterocycles. The van der Waals surface area contributed by atoms with E-state index in [1.165, 1.54) is 11.6 Å². The van der Waals surface area contributed by atoms with Gasteiger partial charge in [0.25, 0.3) is 5.69 Å². The van der Waals surface area contributed by atoms with Crippen molar-refractivity contribution in [2.75, 3.05) is 42.5 Å². The van der Waals surface area contributed by atoms with Crippen molar-refractivity contribution >= 4 is 34.6 Å². The highest BCUT2D eigenvalue weighted by Crippen LogP contribution is 2.32. The number of nitrogens with zero attached hydrogens (tertiary/aromatic N) is 4. The van der Waals surface area contributed by atoms with E-state index in [2.05, 4.69) is 11.0 Å². The summed E-state index contributed by atoms with van der Waals surface area (Å²) in [5, 5.41) is 11.7. The van der Waals surface area contributed by atoms with Crippen LogP contribution in [-0.4, -0.2) is 54.5 Å². The molecule has 0 spiro atoms. The van der Waals surface area contributed by atoms with Crippen molar-refractivity contribution in [3.8, 4) is 0 Å². The Bertz CT molecular complexity index is 943. The van der Waals surface area contributed by atoms with Crippen molar-refractivity contribution in [2.24, 2.45) is 0 Å². The highest BCUT2D eigenvalue weighted by molar-refractivity contribution is 6.30. The van der Waals surface area contributed by atoms with Gasteiger partial charge in [-0.2, -0.15) is 0 Å². The Kier molecular flexibility index (Phi) is 5.43. The number of hydrogen-bond acceptors (Lipinski definition) is 5. The molecule has 0 radical (unpaired) electrons. The maximum absolute atomic E-state index is 13.1. The van der Waals surface area contributed by atoms with Gasteiger partial charge in [0, 0.05) is 49.5 Å². The smallest absolute Gasteiger partial charge is 0.294 e. The summed E-state index contributed by atoms with van der Waals surface area (Å²) in [5.41, 5.74) is 2.82. The molecule has 7 nitrogen and oxygen atoms in total. The number of amides is 1. The number of carbonyl (C=O) groups is 1. The number of benzene rings is 2. The molecule has 2 aromatic carbocycles. The molecule has 0 aliphatic carbocycles. The van der Waals surface area contributed by atoms with Crippen LogP contribution in [0.1, 0.15) is 12.5 Å². The van der Waals surface area contributed by atoms with Gasteiger partial charge in [-0.05, 0) is 37.1 Å². The first kappa shape index (κ1) is 19.7. The first-order valence-electron chi connectivity index (χ1n) is 9.78. The van der Waals surface area contributed by atoms with Crippen LogP contribution in [0.15, 0.2) is 42.5 Å². The molecule has 0 bridgehead atoms. The molecule has 0 N–H and O–H groups in total. The third-order valence-electron chi connectivity index (χ3n) is 5.85. The number of piperazine rings is 1. The van der Waals surface area contributed by atoms with Crippen molar-refractivity contribution in [2.45, 2.75) is 19.4 Å². The van der Waals surface area contributed by atoms with E-state index in [1.54, 1.807) is 12.1 Å². The SMILES string of the molecule is C[C@@H](C(=O)N1CCc2ccccc21)N1CCN(c2ccc(Cl)cc2[N+](=O)[O-])CC1. The number of carbonyl (C=O) groups excluding carboxylic acids is 1. The number of hydrogen-bond donors (Lipinski definition) is 0. The zero-order valence-electron chi connectivity index (χ0n) is 16.3. The standard InChI is InChI=1S/C21H23ClN4O3/c1-15(21(27)25-9-8-16-4-2-3-5-18(16)25)23-10-12-24(13-11-23)19-7-6-17(22)14-20(19)26(28)29/h2-7,14-15H,8-13H2,1H3/t15-/m0/s1. The lowest BCUT2D eigenvalue weighted by atomic mass is 10.1. The molecule has 0 unspecified atom stereocenters. The predicted octanol–water partition coefficient (Wildman–Crippen LogP) is 3.35. The average molecular weight is 415 g/mol. The molecule has 8 heteroatoms. The number of anilines is 2. The van der Waals surface area contributed by atoms with Crippen molar-refractivity contribution in [3.63, 3.8) is 0 Å².